The van der Waals surface area contributed by atoms with Crippen LogP contribution in [-0.2, 0) is 6.18 Å². The lowest BCUT2D eigenvalue weighted by Crippen LogP contribution is -2.10. The molecule has 0 aliphatic heterocycles. The average Bonchev–Trinajstić information content (AvgIpc) is 2.52. The molecular formula is C14H7F3N2O6. The van der Waals surface area contributed by atoms with E-state index in [2.05, 4.69) is 0 Å². The van der Waals surface area contributed by atoms with Gasteiger partial charge in [-0.3, -0.25) is 20.2 Å². The molecule has 8 nitrogen and oxygen atoms in total. The van der Waals surface area contributed by atoms with Crippen LogP contribution in [0.15, 0.2) is 36.4 Å². The SMILES string of the molecule is O=C(O)c1ccc(-c2ccccc2C(F)(F)F)c([N+](=O)[O-])c1[N+](=O)[O-]. The smallest absolute Gasteiger partial charge is 0.417 e. The summed E-state index contributed by atoms with van der Waals surface area (Å²) in [5.74, 6) is -1.81. The van der Waals surface area contributed by atoms with Gasteiger partial charge in [-0.05, 0) is 18.2 Å². The summed E-state index contributed by atoms with van der Waals surface area (Å²) in [4.78, 5) is 30.9. The van der Waals surface area contributed by atoms with Crippen LogP contribution in [0.2, 0.25) is 0 Å². The van der Waals surface area contributed by atoms with Gasteiger partial charge in [0.15, 0.2) is 0 Å². The van der Waals surface area contributed by atoms with Gasteiger partial charge in [-0.1, -0.05) is 18.2 Å². The van der Waals surface area contributed by atoms with Gasteiger partial charge in [0, 0.05) is 5.56 Å². The van der Waals surface area contributed by atoms with E-state index in [1.54, 1.807) is 0 Å². The van der Waals surface area contributed by atoms with Crippen molar-refractivity contribution in [3.63, 3.8) is 0 Å². The summed E-state index contributed by atoms with van der Waals surface area (Å²) in [6.45, 7) is 0. The average molecular weight is 356 g/mol. The van der Waals surface area contributed by atoms with Crippen molar-refractivity contribution in [2.24, 2.45) is 0 Å². The number of rotatable bonds is 4. The number of nitro groups is 2. The minimum absolute atomic E-state index is 0.663. The van der Waals surface area contributed by atoms with Crippen LogP contribution in [0, 0.1) is 20.2 Å². The zero-order chi connectivity index (χ0) is 18.9. The minimum atomic E-state index is -4.87. The van der Waals surface area contributed by atoms with Crippen molar-refractivity contribution < 1.29 is 32.9 Å². The molecule has 0 aliphatic rings. The summed E-state index contributed by atoms with van der Waals surface area (Å²) < 4.78 is 39.4. The van der Waals surface area contributed by atoms with Crippen molar-refractivity contribution in [1.29, 1.82) is 0 Å². The molecule has 0 heterocycles. The number of halogens is 3. The Balaban J connectivity index is 2.95. The van der Waals surface area contributed by atoms with E-state index in [0.29, 0.717) is 12.1 Å². The van der Waals surface area contributed by atoms with E-state index < -0.39 is 55.6 Å². The zero-order valence-electron chi connectivity index (χ0n) is 12.0. The van der Waals surface area contributed by atoms with Gasteiger partial charge in [0.1, 0.15) is 5.56 Å². The van der Waals surface area contributed by atoms with E-state index in [-0.39, 0.29) is 0 Å². The van der Waals surface area contributed by atoms with E-state index in [9.17, 15) is 38.2 Å². The maximum atomic E-state index is 13.1. The van der Waals surface area contributed by atoms with Gasteiger partial charge < -0.3 is 5.11 Å². The molecule has 11 heteroatoms. The summed E-state index contributed by atoms with van der Waals surface area (Å²) >= 11 is 0. The highest BCUT2D eigenvalue weighted by Gasteiger charge is 2.39. The molecule has 0 amide bonds. The molecule has 0 bridgehead atoms. The molecule has 2 rings (SSSR count). The third kappa shape index (κ3) is 3.24. The Hall–Kier alpha value is -3.50. The summed E-state index contributed by atoms with van der Waals surface area (Å²) in [5.41, 5.74) is -6.30. The molecule has 0 aromatic heterocycles. The number of nitrogens with zero attached hydrogens (tertiary/aromatic N) is 2. The first-order valence-electron chi connectivity index (χ1n) is 6.41. The van der Waals surface area contributed by atoms with Crippen LogP contribution >= 0.6 is 0 Å². The molecule has 0 aliphatic carbocycles. The van der Waals surface area contributed by atoms with Gasteiger partial charge in [0.05, 0.1) is 21.0 Å². The van der Waals surface area contributed by atoms with Crippen molar-refractivity contribution in [3.8, 4) is 11.1 Å². The molecule has 25 heavy (non-hydrogen) atoms. The Bertz CT molecular complexity index is 895. The Morgan fingerprint density at radius 1 is 0.920 bits per heavy atom. The Kier molecular flexibility index (Phi) is 4.42. The molecule has 0 saturated carbocycles. The summed E-state index contributed by atoms with van der Waals surface area (Å²) in [5, 5.41) is 31.4. The van der Waals surface area contributed by atoms with Crippen LogP contribution < -0.4 is 0 Å². The first kappa shape index (κ1) is 17.8. The largest absolute Gasteiger partial charge is 0.477 e. The number of alkyl halides is 3. The van der Waals surface area contributed by atoms with Crippen LogP contribution in [-0.4, -0.2) is 20.9 Å². The number of carboxylic acid groups (broad SMARTS) is 1. The van der Waals surface area contributed by atoms with E-state index in [1.807, 2.05) is 0 Å². The molecule has 2 aromatic rings. The van der Waals surface area contributed by atoms with E-state index in [4.69, 9.17) is 5.11 Å². The monoisotopic (exact) mass is 356 g/mol. The van der Waals surface area contributed by atoms with Gasteiger partial charge in [0.2, 0.25) is 0 Å². The molecule has 0 spiro atoms. The lowest BCUT2D eigenvalue weighted by atomic mass is 9.95. The van der Waals surface area contributed by atoms with E-state index in [0.717, 1.165) is 18.2 Å². The fourth-order valence-electron chi connectivity index (χ4n) is 2.30. The number of aromatic carboxylic acids is 1. The van der Waals surface area contributed by atoms with Crippen molar-refractivity contribution in [3.05, 3.63) is 67.8 Å². The molecule has 130 valence electrons. The first-order chi connectivity index (χ1) is 11.6. The maximum Gasteiger partial charge on any atom is 0.417 e. The normalized spacial score (nSPS) is 11.2. The van der Waals surface area contributed by atoms with Gasteiger partial charge in [-0.15, -0.1) is 0 Å². The Morgan fingerprint density at radius 2 is 1.48 bits per heavy atom. The fraction of sp³-hybridized carbons (Fsp3) is 0.0714. The molecule has 0 fully saturated rings. The molecular weight excluding hydrogens is 349 g/mol. The number of carboxylic acids is 1. The van der Waals surface area contributed by atoms with Crippen molar-refractivity contribution >= 4 is 17.3 Å². The fourth-order valence-corrected chi connectivity index (χ4v) is 2.30. The number of nitro benzene ring substituents is 2. The Labute approximate surface area is 136 Å². The van der Waals surface area contributed by atoms with Gasteiger partial charge in [-0.25, -0.2) is 4.79 Å². The summed E-state index contributed by atoms with van der Waals surface area (Å²) in [7, 11) is 0. The van der Waals surface area contributed by atoms with Gasteiger partial charge >= 0.3 is 23.5 Å². The second-order valence-corrected chi connectivity index (χ2v) is 4.72. The highest BCUT2D eigenvalue weighted by molar-refractivity contribution is 5.97. The van der Waals surface area contributed by atoms with Crippen LogP contribution in [0.1, 0.15) is 15.9 Å². The van der Waals surface area contributed by atoms with Gasteiger partial charge in [-0.2, -0.15) is 13.2 Å². The van der Waals surface area contributed by atoms with Crippen LogP contribution in [0.4, 0.5) is 24.5 Å². The van der Waals surface area contributed by atoms with Crippen LogP contribution in [0.25, 0.3) is 11.1 Å². The molecule has 2 aromatic carbocycles. The third-order valence-corrected chi connectivity index (χ3v) is 3.27. The second-order valence-electron chi connectivity index (χ2n) is 4.72. The van der Waals surface area contributed by atoms with Crippen molar-refractivity contribution in [1.82, 2.24) is 0 Å². The summed E-state index contributed by atoms with van der Waals surface area (Å²) in [6.07, 6.45) is -4.87. The molecule has 0 atom stereocenters. The quantitative estimate of drug-likeness (QED) is 0.655. The molecule has 0 saturated heterocycles. The number of benzene rings is 2. The van der Waals surface area contributed by atoms with Crippen molar-refractivity contribution in [2.45, 2.75) is 6.18 Å². The predicted molar refractivity (Wildman–Crippen MR) is 77.1 cm³/mol. The lowest BCUT2D eigenvalue weighted by molar-refractivity contribution is -0.422. The predicted octanol–water partition coefficient (Wildman–Crippen LogP) is 3.89. The van der Waals surface area contributed by atoms with E-state index in [1.165, 1.54) is 6.07 Å². The first-order valence-corrected chi connectivity index (χ1v) is 6.41. The van der Waals surface area contributed by atoms with Gasteiger partial charge in [0.25, 0.3) is 0 Å². The highest BCUT2D eigenvalue weighted by Crippen LogP contribution is 2.44. The lowest BCUT2D eigenvalue weighted by Gasteiger charge is -2.13. The van der Waals surface area contributed by atoms with Crippen LogP contribution in [0.3, 0.4) is 0 Å². The summed E-state index contributed by atoms with van der Waals surface area (Å²) in [6, 6.07) is 5.21. The maximum absolute atomic E-state index is 13.1. The minimum Gasteiger partial charge on any atom is -0.477 e. The number of carbonyl (C=O) groups is 1. The Morgan fingerprint density at radius 3 is 1.96 bits per heavy atom. The number of hydrogen-bond donors (Lipinski definition) is 1. The second kappa shape index (κ2) is 6.19. The van der Waals surface area contributed by atoms with Crippen molar-refractivity contribution in [2.75, 3.05) is 0 Å². The molecule has 0 radical (unpaired) electrons. The third-order valence-electron chi connectivity index (χ3n) is 3.27. The van der Waals surface area contributed by atoms with Crippen LogP contribution in [0.5, 0.6) is 0 Å². The molecule has 1 N–H and O–H groups in total. The van der Waals surface area contributed by atoms with E-state index >= 15 is 0 Å². The zero-order valence-corrected chi connectivity index (χ0v) is 12.0. The molecule has 0 unspecified atom stereocenters. The number of hydrogen-bond acceptors (Lipinski definition) is 5. The highest BCUT2D eigenvalue weighted by atomic mass is 19.4. The topological polar surface area (TPSA) is 124 Å². The standard InChI is InChI=1S/C14H7F3N2O6/c15-14(16,17)10-4-2-1-3-7(10)8-5-6-9(13(20)21)12(19(24)25)11(8)18(22)23/h1-6H,(H,20,21).